The Balaban J connectivity index is 4.44. The molecule has 0 aromatic carbocycles. The smallest absolute Gasteiger partial charge is 0.331 e. The molecule has 0 spiro atoms. The Morgan fingerprint density at radius 2 is 1.61 bits per heavy atom. The van der Waals surface area contributed by atoms with E-state index in [0.29, 0.717) is 0 Å². The number of nitrogens with one attached hydrogen (secondary N) is 1. The number of methoxy groups -OCH3 is 2. The number of ether oxygens (including phenoxy) is 3. The molecular weight excluding hydrogens is 310 g/mol. The van der Waals surface area contributed by atoms with Crippen LogP contribution in [0.25, 0.3) is 0 Å². The molecule has 0 radical (unpaired) electrons. The fourth-order valence-electron chi connectivity index (χ4n) is 1.36. The van der Waals surface area contributed by atoms with Gasteiger partial charge in [0.1, 0.15) is 12.6 Å². The molecule has 0 aliphatic heterocycles. The van der Waals surface area contributed by atoms with Crippen molar-refractivity contribution in [3.05, 3.63) is 12.2 Å². The summed E-state index contributed by atoms with van der Waals surface area (Å²) in [6, 6.07) is -0.933. The van der Waals surface area contributed by atoms with Crippen molar-refractivity contribution in [1.29, 1.82) is 0 Å². The third kappa shape index (κ3) is 7.96. The molecular formula is C14H21NO8. The highest BCUT2D eigenvalue weighted by molar-refractivity contribution is 5.92. The molecule has 0 aromatic heterocycles. The van der Waals surface area contributed by atoms with Gasteiger partial charge in [0, 0.05) is 12.2 Å². The molecule has 9 nitrogen and oxygen atoms in total. The van der Waals surface area contributed by atoms with E-state index in [1.165, 1.54) is 7.11 Å². The predicted octanol–water partition coefficient (Wildman–Crippen LogP) is -1.07. The van der Waals surface area contributed by atoms with Gasteiger partial charge in [0.15, 0.2) is 6.10 Å². The molecule has 0 aromatic rings. The number of esters is 3. The van der Waals surface area contributed by atoms with Crippen molar-refractivity contribution in [3.8, 4) is 0 Å². The maximum absolute atomic E-state index is 11.8. The van der Waals surface area contributed by atoms with Crippen LogP contribution in [0.4, 0.5) is 0 Å². The maximum atomic E-state index is 11.8. The van der Waals surface area contributed by atoms with Crippen LogP contribution < -0.4 is 5.32 Å². The first-order valence-corrected chi connectivity index (χ1v) is 6.72. The van der Waals surface area contributed by atoms with Gasteiger partial charge in [0.2, 0.25) is 0 Å². The molecule has 9 heteroatoms. The second kappa shape index (κ2) is 10.3. The van der Waals surface area contributed by atoms with Gasteiger partial charge in [-0.25, -0.2) is 14.4 Å². The van der Waals surface area contributed by atoms with Crippen molar-refractivity contribution in [2.75, 3.05) is 20.8 Å². The van der Waals surface area contributed by atoms with E-state index < -0.39 is 42.6 Å². The van der Waals surface area contributed by atoms with Crippen LogP contribution in [0.5, 0.6) is 0 Å². The molecule has 23 heavy (non-hydrogen) atoms. The van der Waals surface area contributed by atoms with Gasteiger partial charge in [-0.15, -0.1) is 0 Å². The molecule has 0 fully saturated rings. The Hall–Kier alpha value is -2.42. The average Bonchev–Trinajstić information content (AvgIpc) is 2.53. The molecule has 0 bridgehead atoms. The summed E-state index contributed by atoms with van der Waals surface area (Å²) in [6.07, 6.45) is -0.0424. The van der Waals surface area contributed by atoms with E-state index in [1.807, 2.05) is 0 Å². The number of hydrogen-bond donors (Lipinski definition) is 2. The Kier molecular flexibility index (Phi) is 9.24. The molecule has 0 rings (SSSR count). The van der Waals surface area contributed by atoms with Crippen molar-refractivity contribution in [3.63, 3.8) is 0 Å². The van der Waals surface area contributed by atoms with E-state index in [1.54, 1.807) is 13.8 Å². The highest BCUT2D eigenvalue weighted by atomic mass is 16.5. The Bertz CT molecular complexity index is 471. The number of aliphatic hydroxyl groups excluding tert-OH is 1. The number of hydrogen-bond acceptors (Lipinski definition) is 8. The first-order valence-electron chi connectivity index (χ1n) is 6.72. The number of aliphatic hydroxyl groups is 1. The van der Waals surface area contributed by atoms with Crippen LogP contribution in [0.1, 0.15) is 13.8 Å². The highest BCUT2D eigenvalue weighted by Crippen LogP contribution is 2.04. The summed E-state index contributed by atoms with van der Waals surface area (Å²) in [5, 5.41) is 11.9. The van der Waals surface area contributed by atoms with E-state index >= 15 is 0 Å². The average molecular weight is 331 g/mol. The molecule has 0 saturated heterocycles. The van der Waals surface area contributed by atoms with Gasteiger partial charge in [-0.1, -0.05) is 13.8 Å². The van der Waals surface area contributed by atoms with Crippen LogP contribution in [0, 0.1) is 5.92 Å². The molecule has 1 amide bonds. The van der Waals surface area contributed by atoms with E-state index in [-0.39, 0.29) is 5.92 Å². The van der Waals surface area contributed by atoms with Crippen LogP contribution in [0.3, 0.4) is 0 Å². The molecule has 0 saturated carbocycles. The van der Waals surface area contributed by atoms with Gasteiger partial charge in [0.05, 0.1) is 14.2 Å². The van der Waals surface area contributed by atoms with Crippen molar-refractivity contribution < 1.29 is 38.5 Å². The molecule has 0 heterocycles. The van der Waals surface area contributed by atoms with Gasteiger partial charge in [-0.05, 0) is 5.92 Å². The van der Waals surface area contributed by atoms with Crippen LogP contribution in [0.2, 0.25) is 0 Å². The van der Waals surface area contributed by atoms with Crippen molar-refractivity contribution in [1.82, 2.24) is 5.32 Å². The van der Waals surface area contributed by atoms with E-state index in [2.05, 4.69) is 19.5 Å². The summed E-state index contributed by atoms with van der Waals surface area (Å²) in [5.41, 5.74) is 0. The zero-order chi connectivity index (χ0) is 18.0. The molecule has 2 atom stereocenters. The zero-order valence-corrected chi connectivity index (χ0v) is 13.4. The molecule has 2 N–H and O–H groups in total. The minimum Gasteiger partial charge on any atom is -0.467 e. The first-order chi connectivity index (χ1) is 10.7. The largest absolute Gasteiger partial charge is 0.467 e. The van der Waals surface area contributed by atoms with Crippen LogP contribution in [-0.2, 0) is 33.4 Å². The van der Waals surface area contributed by atoms with Crippen molar-refractivity contribution in [2.45, 2.75) is 26.0 Å². The fourth-order valence-corrected chi connectivity index (χ4v) is 1.36. The lowest BCUT2D eigenvalue weighted by Crippen LogP contribution is -2.49. The summed E-state index contributed by atoms with van der Waals surface area (Å²) >= 11 is 0. The number of rotatable bonds is 8. The normalized spacial score (nSPS) is 13.3. The lowest BCUT2D eigenvalue weighted by atomic mass is 10.0. The quantitative estimate of drug-likeness (QED) is 0.327. The predicted molar refractivity (Wildman–Crippen MR) is 76.9 cm³/mol. The SMILES string of the molecule is COC(=O)/C=C/C(=O)OCC(O)C(=O)N[C@H](C(=O)OC)C(C)C. The number of amides is 1. The number of carbonyl (C=O) groups is 4. The fraction of sp³-hybridized carbons (Fsp3) is 0.571. The maximum Gasteiger partial charge on any atom is 0.331 e. The van der Waals surface area contributed by atoms with Gasteiger partial charge < -0.3 is 24.6 Å². The summed E-state index contributed by atoms with van der Waals surface area (Å²) < 4.78 is 13.4. The minimum atomic E-state index is -1.67. The van der Waals surface area contributed by atoms with Gasteiger partial charge in [0.25, 0.3) is 5.91 Å². The van der Waals surface area contributed by atoms with E-state index in [4.69, 9.17) is 0 Å². The minimum absolute atomic E-state index is 0.260. The molecule has 0 aliphatic rings. The summed E-state index contributed by atoms with van der Waals surface area (Å²) in [7, 11) is 2.31. The van der Waals surface area contributed by atoms with Gasteiger partial charge in [-0.2, -0.15) is 0 Å². The second-order valence-corrected chi connectivity index (χ2v) is 4.76. The third-order valence-corrected chi connectivity index (χ3v) is 2.66. The summed E-state index contributed by atoms with van der Waals surface area (Å²) in [6.45, 7) is 2.74. The van der Waals surface area contributed by atoms with Crippen LogP contribution in [0.15, 0.2) is 12.2 Å². The lowest BCUT2D eigenvalue weighted by Gasteiger charge is -2.21. The van der Waals surface area contributed by atoms with E-state index in [0.717, 1.165) is 19.3 Å². The van der Waals surface area contributed by atoms with E-state index in [9.17, 15) is 24.3 Å². The molecule has 0 aliphatic carbocycles. The zero-order valence-electron chi connectivity index (χ0n) is 13.4. The Morgan fingerprint density at radius 3 is 2.09 bits per heavy atom. The Labute approximate surface area is 133 Å². The first kappa shape index (κ1) is 20.6. The number of carbonyl (C=O) groups excluding carboxylic acids is 4. The standard InChI is InChI=1S/C14H21NO8/c1-8(2)12(14(20)22-4)15-13(19)9(16)7-23-11(18)6-5-10(17)21-3/h5-6,8-9,12,16H,7H2,1-4H3,(H,15,19)/b6-5+/t9?,12-/m0/s1. The highest BCUT2D eigenvalue weighted by Gasteiger charge is 2.28. The van der Waals surface area contributed by atoms with Crippen LogP contribution >= 0.6 is 0 Å². The van der Waals surface area contributed by atoms with Gasteiger partial charge >= 0.3 is 17.9 Å². The van der Waals surface area contributed by atoms with Crippen molar-refractivity contribution >= 4 is 23.8 Å². The topological polar surface area (TPSA) is 128 Å². The van der Waals surface area contributed by atoms with Crippen LogP contribution in [-0.4, -0.2) is 61.9 Å². The molecule has 1 unspecified atom stereocenters. The summed E-state index contributed by atoms with van der Waals surface area (Å²) in [4.78, 5) is 45.3. The molecule has 130 valence electrons. The van der Waals surface area contributed by atoms with Crippen molar-refractivity contribution in [2.24, 2.45) is 5.92 Å². The summed E-state index contributed by atoms with van der Waals surface area (Å²) in [5.74, 6) is -3.49. The van der Waals surface area contributed by atoms with Gasteiger partial charge in [-0.3, -0.25) is 4.79 Å². The second-order valence-electron chi connectivity index (χ2n) is 4.76. The Morgan fingerprint density at radius 1 is 1.04 bits per heavy atom. The third-order valence-electron chi connectivity index (χ3n) is 2.66. The monoisotopic (exact) mass is 331 g/mol. The lowest BCUT2D eigenvalue weighted by molar-refractivity contribution is -0.150.